The Kier molecular flexibility index (Phi) is 5.56. The molecule has 136 valence electrons. The van der Waals surface area contributed by atoms with Gasteiger partial charge in [-0.05, 0) is 55.2 Å². The van der Waals surface area contributed by atoms with Gasteiger partial charge in [0, 0.05) is 24.2 Å². The van der Waals surface area contributed by atoms with E-state index in [-0.39, 0.29) is 11.8 Å². The summed E-state index contributed by atoms with van der Waals surface area (Å²) in [6.45, 7) is 2.75. The van der Waals surface area contributed by atoms with Crippen LogP contribution in [-0.2, 0) is 11.2 Å². The second-order valence-corrected chi connectivity index (χ2v) is 6.39. The Bertz CT molecular complexity index is 799. The Hall–Kier alpha value is -2.82. The first kappa shape index (κ1) is 18.0. The zero-order valence-electron chi connectivity index (χ0n) is 15.2. The van der Waals surface area contributed by atoms with Gasteiger partial charge in [0.05, 0.1) is 12.8 Å². The van der Waals surface area contributed by atoms with Gasteiger partial charge >= 0.3 is 0 Å². The number of carbonyl (C=O) groups is 2. The summed E-state index contributed by atoms with van der Waals surface area (Å²) >= 11 is 0. The van der Waals surface area contributed by atoms with Crippen LogP contribution >= 0.6 is 0 Å². The van der Waals surface area contributed by atoms with Crippen LogP contribution in [0.3, 0.4) is 0 Å². The molecule has 2 aromatic rings. The fourth-order valence-corrected chi connectivity index (χ4v) is 3.13. The minimum atomic E-state index is -0.172. The molecule has 5 heteroatoms. The lowest BCUT2D eigenvalue weighted by atomic mass is 10.1. The summed E-state index contributed by atoms with van der Waals surface area (Å²) in [6.07, 6.45) is 3.37. The number of carbonyl (C=O) groups excluding carboxylic acids is 2. The highest BCUT2D eigenvalue weighted by molar-refractivity contribution is 6.05. The number of ether oxygens (including phenoxy) is 1. The number of hydrogen-bond donors (Lipinski definition) is 1. The summed E-state index contributed by atoms with van der Waals surface area (Å²) in [5.74, 6) is 0.549. The first-order chi connectivity index (χ1) is 12.6. The summed E-state index contributed by atoms with van der Waals surface area (Å²) in [5, 5.41) is 2.91. The summed E-state index contributed by atoms with van der Waals surface area (Å²) in [4.78, 5) is 26.5. The molecule has 1 aliphatic heterocycles. The first-order valence-corrected chi connectivity index (χ1v) is 9.01. The first-order valence-electron chi connectivity index (χ1n) is 9.01. The third-order valence-electron chi connectivity index (χ3n) is 4.68. The predicted octanol–water partition coefficient (Wildman–Crippen LogP) is 4.03. The van der Waals surface area contributed by atoms with E-state index in [0.29, 0.717) is 35.7 Å². The molecule has 0 spiro atoms. The monoisotopic (exact) mass is 352 g/mol. The normalized spacial score (nSPS) is 14.2. The zero-order valence-corrected chi connectivity index (χ0v) is 15.2. The van der Waals surface area contributed by atoms with E-state index in [0.717, 1.165) is 19.3 Å². The molecule has 26 heavy (non-hydrogen) atoms. The molecule has 0 unspecified atom stereocenters. The molecule has 0 bridgehead atoms. The number of rotatable bonds is 5. The average Bonchev–Trinajstić information content (AvgIpc) is 2.68. The van der Waals surface area contributed by atoms with Gasteiger partial charge in [-0.1, -0.05) is 19.1 Å². The topological polar surface area (TPSA) is 58.6 Å². The number of anilines is 2. The van der Waals surface area contributed by atoms with Gasteiger partial charge in [-0.2, -0.15) is 0 Å². The van der Waals surface area contributed by atoms with Crippen LogP contribution in [0.2, 0.25) is 0 Å². The Morgan fingerprint density at radius 1 is 1.15 bits per heavy atom. The molecule has 0 aliphatic carbocycles. The fourth-order valence-electron chi connectivity index (χ4n) is 3.13. The summed E-state index contributed by atoms with van der Waals surface area (Å²) in [7, 11) is 1.58. The molecule has 0 radical (unpaired) electrons. The van der Waals surface area contributed by atoms with Crippen LogP contribution in [0.25, 0.3) is 0 Å². The number of nitrogens with one attached hydrogen (secondary N) is 1. The van der Waals surface area contributed by atoms with Gasteiger partial charge in [-0.25, -0.2) is 0 Å². The molecular weight excluding hydrogens is 328 g/mol. The highest BCUT2D eigenvalue weighted by atomic mass is 16.5. The maximum absolute atomic E-state index is 12.5. The lowest BCUT2D eigenvalue weighted by Crippen LogP contribution is -2.35. The Balaban J connectivity index is 1.82. The Labute approximate surface area is 154 Å². The largest absolute Gasteiger partial charge is 0.495 e. The molecule has 1 heterocycles. The number of benzene rings is 2. The third-order valence-corrected chi connectivity index (χ3v) is 4.68. The van der Waals surface area contributed by atoms with Crippen LogP contribution in [0.4, 0.5) is 11.4 Å². The quantitative estimate of drug-likeness (QED) is 0.884. The minimum absolute atomic E-state index is 0.0909. The highest BCUT2D eigenvalue weighted by Crippen LogP contribution is 2.33. The molecule has 1 aliphatic rings. The number of amides is 2. The second-order valence-electron chi connectivity index (χ2n) is 6.39. The zero-order chi connectivity index (χ0) is 18.5. The molecule has 1 saturated heterocycles. The van der Waals surface area contributed by atoms with Crippen LogP contribution in [0.1, 0.15) is 42.1 Å². The SMILES string of the molecule is CCc1ccc(C(=O)Nc2ccc(OC)c(N3CCCCC3=O)c2)cc1. The Morgan fingerprint density at radius 2 is 1.92 bits per heavy atom. The van der Waals surface area contributed by atoms with Gasteiger partial charge in [-0.15, -0.1) is 0 Å². The van der Waals surface area contributed by atoms with Crippen molar-refractivity contribution < 1.29 is 14.3 Å². The highest BCUT2D eigenvalue weighted by Gasteiger charge is 2.23. The van der Waals surface area contributed by atoms with Gasteiger partial charge in [0.15, 0.2) is 0 Å². The second kappa shape index (κ2) is 8.04. The van der Waals surface area contributed by atoms with Crippen molar-refractivity contribution in [2.75, 3.05) is 23.9 Å². The van der Waals surface area contributed by atoms with Gasteiger partial charge in [0.2, 0.25) is 5.91 Å². The van der Waals surface area contributed by atoms with E-state index in [4.69, 9.17) is 4.74 Å². The summed E-state index contributed by atoms with van der Waals surface area (Å²) in [6, 6.07) is 12.9. The van der Waals surface area contributed by atoms with Gasteiger partial charge in [-0.3, -0.25) is 9.59 Å². The smallest absolute Gasteiger partial charge is 0.255 e. The minimum Gasteiger partial charge on any atom is -0.495 e. The molecular formula is C21H24N2O3. The standard InChI is InChI=1S/C21H24N2O3/c1-3-15-7-9-16(10-8-15)21(25)22-17-11-12-19(26-2)18(14-17)23-13-5-4-6-20(23)24/h7-12,14H,3-6,13H2,1-2H3,(H,22,25). The number of aryl methyl sites for hydroxylation is 1. The van der Waals surface area contributed by atoms with Crippen molar-refractivity contribution >= 4 is 23.2 Å². The molecule has 0 saturated carbocycles. The molecule has 0 atom stereocenters. The van der Waals surface area contributed by atoms with Crippen LogP contribution in [-0.4, -0.2) is 25.5 Å². The number of piperidine rings is 1. The van der Waals surface area contributed by atoms with Gasteiger partial charge < -0.3 is 15.0 Å². The van der Waals surface area contributed by atoms with Crippen molar-refractivity contribution in [3.8, 4) is 5.75 Å². The van der Waals surface area contributed by atoms with E-state index in [1.807, 2.05) is 24.3 Å². The van der Waals surface area contributed by atoms with E-state index < -0.39 is 0 Å². The average molecular weight is 352 g/mol. The van der Waals surface area contributed by atoms with E-state index in [9.17, 15) is 9.59 Å². The fraction of sp³-hybridized carbons (Fsp3) is 0.333. The number of methoxy groups -OCH3 is 1. The van der Waals surface area contributed by atoms with E-state index in [1.165, 1.54) is 5.56 Å². The van der Waals surface area contributed by atoms with Crippen molar-refractivity contribution in [2.24, 2.45) is 0 Å². The van der Waals surface area contributed by atoms with Gasteiger partial charge in [0.1, 0.15) is 5.75 Å². The van der Waals surface area contributed by atoms with Crippen molar-refractivity contribution in [1.82, 2.24) is 0 Å². The van der Waals surface area contributed by atoms with Crippen molar-refractivity contribution in [1.29, 1.82) is 0 Å². The molecule has 1 N–H and O–H groups in total. The van der Waals surface area contributed by atoms with E-state index >= 15 is 0 Å². The van der Waals surface area contributed by atoms with Crippen molar-refractivity contribution in [2.45, 2.75) is 32.6 Å². The van der Waals surface area contributed by atoms with Crippen molar-refractivity contribution in [3.63, 3.8) is 0 Å². The molecule has 1 fully saturated rings. The van der Waals surface area contributed by atoms with Crippen LogP contribution in [0, 0.1) is 0 Å². The number of nitrogens with zero attached hydrogens (tertiary/aromatic N) is 1. The van der Waals surface area contributed by atoms with Crippen molar-refractivity contribution in [3.05, 3.63) is 53.6 Å². The van der Waals surface area contributed by atoms with Crippen LogP contribution < -0.4 is 15.0 Å². The van der Waals surface area contributed by atoms with E-state index in [1.54, 1.807) is 30.2 Å². The maximum Gasteiger partial charge on any atom is 0.255 e. The Morgan fingerprint density at radius 3 is 2.58 bits per heavy atom. The van der Waals surface area contributed by atoms with Crippen LogP contribution in [0.15, 0.2) is 42.5 Å². The third kappa shape index (κ3) is 3.87. The van der Waals surface area contributed by atoms with E-state index in [2.05, 4.69) is 12.2 Å². The summed E-state index contributed by atoms with van der Waals surface area (Å²) < 4.78 is 5.41. The predicted molar refractivity (Wildman–Crippen MR) is 103 cm³/mol. The molecule has 2 aromatic carbocycles. The molecule has 2 amide bonds. The van der Waals surface area contributed by atoms with Gasteiger partial charge in [0.25, 0.3) is 5.91 Å². The summed E-state index contributed by atoms with van der Waals surface area (Å²) in [5.41, 5.74) is 3.14. The van der Waals surface area contributed by atoms with Crippen LogP contribution in [0.5, 0.6) is 5.75 Å². The maximum atomic E-state index is 12.5. The lowest BCUT2D eigenvalue weighted by molar-refractivity contribution is -0.119. The molecule has 3 rings (SSSR count). The molecule has 0 aromatic heterocycles. The lowest BCUT2D eigenvalue weighted by Gasteiger charge is -2.28. The molecule has 5 nitrogen and oxygen atoms in total. The number of hydrogen-bond acceptors (Lipinski definition) is 3.